The van der Waals surface area contributed by atoms with E-state index in [2.05, 4.69) is 10.4 Å². The molecular weight excluding hydrogens is 454 g/mol. The molecule has 8 nitrogen and oxygen atoms in total. The van der Waals surface area contributed by atoms with Crippen LogP contribution in [0.5, 0.6) is 0 Å². The molecule has 5 rings (SSSR count). The number of benzene rings is 1. The molecule has 2 amide bonds. The summed E-state index contributed by atoms with van der Waals surface area (Å²) in [6.45, 7) is 8.28. The van der Waals surface area contributed by atoms with Crippen LogP contribution in [0.3, 0.4) is 0 Å². The van der Waals surface area contributed by atoms with Crippen molar-refractivity contribution in [2.75, 3.05) is 7.05 Å². The number of fused-ring (bicyclic) bond motifs is 1. The molecule has 1 aromatic carbocycles. The largest absolute Gasteiger partial charge is 0.466 e. The fourth-order valence-corrected chi connectivity index (χ4v) is 4.41. The molecule has 36 heavy (non-hydrogen) atoms. The highest BCUT2D eigenvalue weighted by Gasteiger charge is 2.24. The average molecular weight is 486 g/mol. The Morgan fingerprint density at radius 3 is 2.50 bits per heavy atom. The Balaban J connectivity index is 1.44. The number of pyridine rings is 1. The van der Waals surface area contributed by atoms with E-state index in [1.807, 2.05) is 68.8 Å². The number of hydrogen-bond donors (Lipinski definition) is 1. The lowest BCUT2D eigenvalue weighted by atomic mass is 10.1. The van der Waals surface area contributed by atoms with E-state index in [1.54, 1.807) is 18.1 Å². The molecule has 3 heterocycles. The van der Waals surface area contributed by atoms with Crippen LogP contribution in [0.15, 0.2) is 47.0 Å². The average Bonchev–Trinajstić information content (AvgIpc) is 3.44. The topological polar surface area (TPSA) is 93.3 Å². The number of furan rings is 1. The van der Waals surface area contributed by atoms with Gasteiger partial charge >= 0.3 is 0 Å². The minimum Gasteiger partial charge on any atom is -0.466 e. The smallest absolute Gasteiger partial charge is 0.254 e. The van der Waals surface area contributed by atoms with Crippen LogP contribution in [0.4, 0.5) is 0 Å². The zero-order valence-electron chi connectivity index (χ0n) is 21.3. The quantitative estimate of drug-likeness (QED) is 0.395. The number of carbonyl (C=O) groups excluding carboxylic acids is 2. The van der Waals surface area contributed by atoms with Crippen molar-refractivity contribution in [2.45, 2.75) is 59.2 Å². The summed E-state index contributed by atoms with van der Waals surface area (Å²) in [6.07, 6.45) is 3.82. The van der Waals surface area contributed by atoms with Gasteiger partial charge in [0.25, 0.3) is 11.8 Å². The summed E-state index contributed by atoms with van der Waals surface area (Å²) in [5.41, 5.74) is 4.34. The number of amides is 2. The lowest BCUT2D eigenvalue weighted by molar-refractivity contribution is 0.0786. The molecule has 0 spiro atoms. The number of hydrogen-bond acceptors (Lipinski definition) is 5. The van der Waals surface area contributed by atoms with Gasteiger partial charge in [0.05, 0.1) is 22.8 Å². The van der Waals surface area contributed by atoms with E-state index in [4.69, 9.17) is 9.40 Å². The molecule has 1 N–H and O–H groups in total. The van der Waals surface area contributed by atoms with Crippen molar-refractivity contribution in [2.24, 2.45) is 0 Å². The summed E-state index contributed by atoms with van der Waals surface area (Å²) in [5.74, 6) is 1.38. The van der Waals surface area contributed by atoms with Gasteiger partial charge in [-0.1, -0.05) is 12.1 Å². The second-order valence-electron chi connectivity index (χ2n) is 9.91. The van der Waals surface area contributed by atoms with Gasteiger partial charge < -0.3 is 14.6 Å². The highest BCUT2D eigenvalue weighted by molar-refractivity contribution is 6.06. The van der Waals surface area contributed by atoms with Crippen molar-refractivity contribution in [3.05, 3.63) is 70.8 Å². The van der Waals surface area contributed by atoms with Crippen LogP contribution in [0.1, 0.15) is 70.5 Å². The third-order valence-electron chi connectivity index (χ3n) is 6.50. The summed E-state index contributed by atoms with van der Waals surface area (Å²) in [7, 11) is 1.78. The normalized spacial score (nSPS) is 13.4. The standard InChI is InChI=1S/C28H31N5O3/c1-16(2)33-26-24(14-29-33)23(13-25(31-26)22-12-17(3)36-18(22)4)28(35)32(5)15-19-6-8-20(9-7-19)27(34)30-21-10-11-21/h6-9,12-14,16,21H,10-11,15H2,1-5H3,(H,30,34). The molecule has 186 valence electrons. The molecule has 3 aromatic heterocycles. The Labute approximate surface area is 210 Å². The first-order valence-corrected chi connectivity index (χ1v) is 12.3. The van der Waals surface area contributed by atoms with Crippen molar-refractivity contribution >= 4 is 22.8 Å². The van der Waals surface area contributed by atoms with Gasteiger partial charge in [-0.2, -0.15) is 5.10 Å². The number of carbonyl (C=O) groups is 2. The first-order chi connectivity index (χ1) is 17.2. The van der Waals surface area contributed by atoms with Gasteiger partial charge in [0.2, 0.25) is 0 Å². The van der Waals surface area contributed by atoms with Gasteiger partial charge in [-0.05, 0) is 70.4 Å². The second-order valence-corrected chi connectivity index (χ2v) is 9.91. The first kappa shape index (κ1) is 23.8. The monoisotopic (exact) mass is 485 g/mol. The van der Waals surface area contributed by atoms with E-state index >= 15 is 0 Å². The predicted octanol–water partition coefficient (Wildman–Crippen LogP) is 5.05. The summed E-state index contributed by atoms with van der Waals surface area (Å²) >= 11 is 0. The Morgan fingerprint density at radius 2 is 1.89 bits per heavy atom. The number of nitrogens with zero attached hydrogens (tertiary/aromatic N) is 4. The Bertz CT molecular complexity index is 1440. The maximum atomic E-state index is 13.7. The van der Waals surface area contributed by atoms with Crippen molar-refractivity contribution < 1.29 is 14.0 Å². The van der Waals surface area contributed by atoms with Crippen LogP contribution < -0.4 is 5.32 Å². The summed E-state index contributed by atoms with van der Waals surface area (Å²) in [4.78, 5) is 32.5. The van der Waals surface area contributed by atoms with Crippen LogP contribution >= 0.6 is 0 Å². The molecule has 1 fully saturated rings. The molecule has 1 aliphatic carbocycles. The Morgan fingerprint density at radius 1 is 1.17 bits per heavy atom. The molecule has 0 unspecified atom stereocenters. The van der Waals surface area contributed by atoms with E-state index in [1.165, 1.54) is 0 Å². The second kappa shape index (κ2) is 9.26. The van der Waals surface area contributed by atoms with E-state index in [9.17, 15) is 9.59 Å². The molecule has 8 heteroatoms. The molecule has 0 radical (unpaired) electrons. The summed E-state index contributed by atoms with van der Waals surface area (Å²) in [6, 6.07) is 11.6. The van der Waals surface area contributed by atoms with Crippen LogP contribution in [-0.2, 0) is 6.54 Å². The number of nitrogens with one attached hydrogen (secondary N) is 1. The first-order valence-electron chi connectivity index (χ1n) is 12.3. The van der Waals surface area contributed by atoms with Crippen LogP contribution in [-0.4, -0.2) is 44.6 Å². The highest BCUT2D eigenvalue weighted by atomic mass is 16.3. The van der Waals surface area contributed by atoms with Gasteiger partial charge in [0.1, 0.15) is 11.5 Å². The zero-order valence-corrected chi connectivity index (χ0v) is 21.3. The van der Waals surface area contributed by atoms with Gasteiger partial charge in [-0.25, -0.2) is 9.67 Å². The minimum atomic E-state index is -0.125. The van der Waals surface area contributed by atoms with E-state index in [0.29, 0.717) is 40.4 Å². The van der Waals surface area contributed by atoms with Gasteiger partial charge in [-0.3, -0.25) is 9.59 Å². The molecule has 1 saturated carbocycles. The predicted molar refractivity (Wildman–Crippen MR) is 138 cm³/mol. The maximum absolute atomic E-state index is 13.7. The van der Waals surface area contributed by atoms with Gasteiger partial charge in [0, 0.05) is 36.8 Å². The van der Waals surface area contributed by atoms with Crippen molar-refractivity contribution in [3.63, 3.8) is 0 Å². The molecule has 4 aromatic rings. The van der Waals surface area contributed by atoms with E-state index < -0.39 is 0 Å². The van der Waals surface area contributed by atoms with E-state index in [0.717, 1.165) is 35.5 Å². The Kier molecular flexibility index (Phi) is 6.12. The van der Waals surface area contributed by atoms with Crippen molar-refractivity contribution in [1.29, 1.82) is 0 Å². The number of rotatable bonds is 7. The minimum absolute atomic E-state index is 0.0490. The Hall–Kier alpha value is -3.94. The molecule has 0 aliphatic heterocycles. The summed E-state index contributed by atoms with van der Waals surface area (Å²) in [5, 5.41) is 8.23. The molecular formula is C28H31N5O3. The lowest BCUT2D eigenvalue weighted by Gasteiger charge is -2.19. The van der Waals surface area contributed by atoms with Crippen molar-refractivity contribution in [1.82, 2.24) is 25.0 Å². The zero-order chi connectivity index (χ0) is 25.6. The van der Waals surface area contributed by atoms with Gasteiger partial charge in [0.15, 0.2) is 5.65 Å². The third kappa shape index (κ3) is 4.63. The molecule has 0 atom stereocenters. The fraction of sp³-hybridized carbons (Fsp3) is 0.357. The molecule has 0 saturated heterocycles. The third-order valence-corrected chi connectivity index (χ3v) is 6.50. The van der Waals surface area contributed by atoms with Crippen LogP contribution in [0.25, 0.3) is 22.3 Å². The maximum Gasteiger partial charge on any atom is 0.254 e. The lowest BCUT2D eigenvalue weighted by Crippen LogP contribution is -2.27. The van der Waals surface area contributed by atoms with Gasteiger partial charge in [-0.15, -0.1) is 0 Å². The van der Waals surface area contributed by atoms with Crippen molar-refractivity contribution in [3.8, 4) is 11.3 Å². The molecule has 1 aliphatic rings. The van der Waals surface area contributed by atoms with Crippen LogP contribution in [0.2, 0.25) is 0 Å². The van der Waals surface area contributed by atoms with E-state index in [-0.39, 0.29) is 17.9 Å². The summed E-state index contributed by atoms with van der Waals surface area (Å²) < 4.78 is 7.57. The highest BCUT2D eigenvalue weighted by Crippen LogP contribution is 2.30. The number of aryl methyl sites for hydroxylation is 2. The molecule has 0 bridgehead atoms. The number of aromatic nitrogens is 3. The fourth-order valence-electron chi connectivity index (χ4n) is 4.41. The SMILES string of the molecule is Cc1cc(-c2cc(C(=O)N(C)Cc3ccc(C(=O)NC4CC4)cc3)c3cnn(C(C)C)c3n2)c(C)o1. The van der Waals surface area contributed by atoms with Crippen LogP contribution in [0, 0.1) is 13.8 Å².